The fourth-order valence-electron chi connectivity index (χ4n) is 7.36. The molecule has 0 aliphatic carbocycles. The Labute approximate surface area is 282 Å². The molecule has 0 saturated heterocycles. The summed E-state index contributed by atoms with van der Waals surface area (Å²) in [6, 6.07) is 59.7. The minimum Gasteiger partial charge on any atom is -0.309 e. The van der Waals surface area contributed by atoms with Crippen molar-refractivity contribution >= 4 is 54.1 Å². The van der Waals surface area contributed by atoms with Crippen LogP contribution in [-0.4, -0.2) is 19.5 Å². The Morgan fingerprint density at radius 3 is 1.67 bits per heavy atom. The zero-order chi connectivity index (χ0) is 32.3. The summed E-state index contributed by atoms with van der Waals surface area (Å²) in [5, 5.41) is 9.79. The largest absolute Gasteiger partial charge is 0.309 e. The number of aromatic nitrogens is 4. The Morgan fingerprint density at radius 1 is 0.347 bits per heavy atom. The molecule has 0 atom stereocenters. The van der Waals surface area contributed by atoms with Crippen molar-refractivity contribution in [2.75, 3.05) is 0 Å². The molecule has 0 spiro atoms. The lowest BCUT2D eigenvalue weighted by Gasteiger charge is -2.15. The van der Waals surface area contributed by atoms with Gasteiger partial charge in [-0.3, -0.25) is 0 Å². The predicted molar refractivity (Wildman–Crippen MR) is 203 cm³/mol. The highest BCUT2D eigenvalue weighted by molar-refractivity contribution is 6.20. The molecule has 2 heterocycles. The number of benzene rings is 8. The van der Waals surface area contributed by atoms with E-state index in [1.54, 1.807) is 0 Å². The Hall–Kier alpha value is -6.65. The zero-order valence-corrected chi connectivity index (χ0v) is 26.5. The summed E-state index contributed by atoms with van der Waals surface area (Å²) in [5.41, 5.74) is 6.13. The van der Waals surface area contributed by atoms with Crippen LogP contribution in [0.1, 0.15) is 0 Å². The number of para-hydroxylation sites is 3. The molecule has 2 aromatic heterocycles. The number of fused-ring (bicyclic) bond motifs is 8. The highest BCUT2D eigenvalue weighted by atomic mass is 15.1. The average molecular weight is 625 g/mol. The summed E-state index contributed by atoms with van der Waals surface area (Å²) >= 11 is 0. The molecule has 228 valence electrons. The molecule has 0 bridgehead atoms. The molecule has 4 nitrogen and oxygen atoms in total. The van der Waals surface area contributed by atoms with Crippen molar-refractivity contribution in [1.82, 2.24) is 19.5 Å². The van der Waals surface area contributed by atoms with Crippen LogP contribution < -0.4 is 0 Å². The van der Waals surface area contributed by atoms with Gasteiger partial charge < -0.3 is 4.57 Å². The van der Waals surface area contributed by atoms with E-state index in [2.05, 4.69) is 156 Å². The Bertz CT molecular complexity index is 2830. The molecule has 0 radical (unpaired) electrons. The number of hydrogen-bond donors (Lipinski definition) is 0. The van der Waals surface area contributed by atoms with Crippen molar-refractivity contribution in [2.24, 2.45) is 0 Å². The first kappa shape index (κ1) is 27.5. The molecule has 0 saturated carbocycles. The quantitative estimate of drug-likeness (QED) is 0.183. The second-order valence-corrected chi connectivity index (χ2v) is 12.4. The highest BCUT2D eigenvalue weighted by Crippen LogP contribution is 2.37. The van der Waals surface area contributed by atoms with Crippen LogP contribution in [0.25, 0.3) is 94.0 Å². The lowest BCUT2D eigenvalue weighted by atomic mass is 9.95. The third-order valence-electron chi connectivity index (χ3n) is 9.62. The van der Waals surface area contributed by atoms with E-state index >= 15 is 0 Å². The van der Waals surface area contributed by atoms with Crippen LogP contribution in [-0.2, 0) is 0 Å². The van der Waals surface area contributed by atoms with Crippen LogP contribution in [0, 0.1) is 0 Å². The zero-order valence-electron chi connectivity index (χ0n) is 26.5. The first-order valence-electron chi connectivity index (χ1n) is 16.5. The standard InChI is InChI=1S/C45H28N4/c1-2-13-31(14-3-1)43-46-44(33-26-27-35-32(28-33)25-24-30-23-22-29-12-4-5-15-34(29)42(30)35)48-45(47-43)38-18-8-11-21-41(38)49-39-19-9-6-16-36(39)37-17-7-10-20-40(37)49/h1-28H. The van der Waals surface area contributed by atoms with Crippen LogP contribution in [0.2, 0.25) is 0 Å². The summed E-state index contributed by atoms with van der Waals surface area (Å²) in [4.78, 5) is 15.4. The van der Waals surface area contributed by atoms with Gasteiger partial charge in [0.1, 0.15) is 0 Å². The smallest absolute Gasteiger partial charge is 0.166 e. The van der Waals surface area contributed by atoms with Gasteiger partial charge in [0.05, 0.1) is 16.7 Å². The topological polar surface area (TPSA) is 43.6 Å². The second kappa shape index (κ2) is 11.0. The van der Waals surface area contributed by atoms with E-state index in [1.807, 2.05) is 18.2 Å². The van der Waals surface area contributed by atoms with Crippen LogP contribution in [0.5, 0.6) is 0 Å². The monoisotopic (exact) mass is 624 g/mol. The van der Waals surface area contributed by atoms with Crippen LogP contribution in [0.3, 0.4) is 0 Å². The third-order valence-corrected chi connectivity index (χ3v) is 9.62. The molecule has 0 aliphatic rings. The summed E-state index contributed by atoms with van der Waals surface area (Å²) in [6.07, 6.45) is 0. The van der Waals surface area contributed by atoms with E-state index in [4.69, 9.17) is 15.0 Å². The van der Waals surface area contributed by atoms with Gasteiger partial charge in [-0.2, -0.15) is 0 Å². The SMILES string of the molecule is c1ccc(-c2nc(-c3ccc4c(ccc5ccc6ccccc6c54)c3)nc(-c3ccccc3-n3c4ccccc4c4ccccc43)n2)cc1. The summed E-state index contributed by atoms with van der Waals surface area (Å²) in [5.74, 6) is 1.91. The van der Waals surface area contributed by atoms with Gasteiger partial charge in [-0.1, -0.05) is 140 Å². The first-order chi connectivity index (χ1) is 24.3. The maximum absolute atomic E-state index is 5.21. The molecule has 8 aromatic carbocycles. The molecule has 0 amide bonds. The van der Waals surface area contributed by atoms with E-state index in [9.17, 15) is 0 Å². The van der Waals surface area contributed by atoms with Crippen molar-refractivity contribution < 1.29 is 0 Å². The van der Waals surface area contributed by atoms with Gasteiger partial charge >= 0.3 is 0 Å². The average Bonchev–Trinajstić information content (AvgIpc) is 3.52. The van der Waals surface area contributed by atoms with Gasteiger partial charge in [-0.25, -0.2) is 15.0 Å². The summed E-state index contributed by atoms with van der Waals surface area (Å²) in [7, 11) is 0. The van der Waals surface area contributed by atoms with E-state index in [-0.39, 0.29) is 0 Å². The molecule has 0 unspecified atom stereocenters. The van der Waals surface area contributed by atoms with Crippen LogP contribution in [0.4, 0.5) is 0 Å². The van der Waals surface area contributed by atoms with E-state index in [1.165, 1.54) is 37.7 Å². The number of rotatable bonds is 4. The normalized spacial score (nSPS) is 11.7. The first-order valence-corrected chi connectivity index (χ1v) is 16.5. The maximum atomic E-state index is 5.21. The minimum absolute atomic E-state index is 0.630. The van der Waals surface area contributed by atoms with Gasteiger partial charge in [-0.15, -0.1) is 0 Å². The Balaban J connectivity index is 1.21. The van der Waals surface area contributed by atoms with E-state index in [0.29, 0.717) is 17.5 Å². The van der Waals surface area contributed by atoms with Gasteiger partial charge in [0.15, 0.2) is 17.5 Å². The molecule has 49 heavy (non-hydrogen) atoms. The fourth-order valence-corrected chi connectivity index (χ4v) is 7.36. The van der Waals surface area contributed by atoms with E-state index in [0.717, 1.165) is 38.8 Å². The summed E-state index contributed by atoms with van der Waals surface area (Å²) < 4.78 is 2.33. The van der Waals surface area contributed by atoms with Gasteiger partial charge in [-0.05, 0) is 62.6 Å². The molecule has 0 fully saturated rings. The fraction of sp³-hybridized carbons (Fsp3) is 0. The minimum atomic E-state index is 0.630. The molecular weight excluding hydrogens is 597 g/mol. The summed E-state index contributed by atoms with van der Waals surface area (Å²) in [6.45, 7) is 0. The predicted octanol–water partition coefficient (Wildman–Crippen LogP) is 11.4. The maximum Gasteiger partial charge on any atom is 0.166 e. The Morgan fingerprint density at radius 2 is 0.898 bits per heavy atom. The van der Waals surface area contributed by atoms with Gasteiger partial charge in [0.25, 0.3) is 0 Å². The van der Waals surface area contributed by atoms with Crippen LogP contribution >= 0.6 is 0 Å². The number of nitrogens with zero attached hydrogens (tertiary/aromatic N) is 4. The van der Waals surface area contributed by atoms with Crippen molar-refractivity contribution in [3.63, 3.8) is 0 Å². The van der Waals surface area contributed by atoms with Gasteiger partial charge in [0.2, 0.25) is 0 Å². The molecule has 0 N–H and O–H groups in total. The van der Waals surface area contributed by atoms with Crippen molar-refractivity contribution in [2.45, 2.75) is 0 Å². The van der Waals surface area contributed by atoms with E-state index < -0.39 is 0 Å². The molecule has 10 aromatic rings. The molecular formula is C45H28N4. The molecule has 4 heteroatoms. The van der Waals surface area contributed by atoms with Crippen LogP contribution in [0.15, 0.2) is 170 Å². The molecule has 0 aliphatic heterocycles. The van der Waals surface area contributed by atoms with Gasteiger partial charge in [0, 0.05) is 27.5 Å². The molecule has 10 rings (SSSR count). The van der Waals surface area contributed by atoms with Crippen molar-refractivity contribution in [1.29, 1.82) is 0 Å². The Kier molecular flexibility index (Phi) is 6.15. The second-order valence-electron chi connectivity index (χ2n) is 12.4. The third kappa shape index (κ3) is 4.42. The van der Waals surface area contributed by atoms with Crippen molar-refractivity contribution in [3.05, 3.63) is 170 Å². The van der Waals surface area contributed by atoms with Crippen molar-refractivity contribution in [3.8, 4) is 39.9 Å². The lowest BCUT2D eigenvalue weighted by Crippen LogP contribution is -2.03. The lowest BCUT2D eigenvalue weighted by molar-refractivity contribution is 1.06. The highest BCUT2D eigenvalue weighted by Gasteiger charge is 2.19. The number of hydrogen-bond acceptors (Lipinski definition) is 3.